The molecule has 0 saturated heterocycles. The first-order valence-corrected chi connectivity index (χ1v) is 13.5. The first kappa shape index (κ1) is 25.2. The number of benzene rings is 1. The van der Waals surface area contributed by atoms with Crippen LogP contribution in [0.5, 0.6) is 5.75 Å². The molecule has 0 fully saturated rings. The maximum atomic E-state index is 12.1. The predicted octanol–water partition coefficient (Wildman–Crippen LogP) is 8.28. The number of aromatic nitrogens is 1. The minimum atomic E-state index is -1.69. The Balaban J connectivity index is 1.59. The maximum absolute atomic E-state index is 12.1. The van der Waals surface area contributed by atoms with Crippen molar-refractivity contribution in [3.63, 3.8) is 0 Å². The number of hydrogen-bond acceptors (Lipinski definition) is 4. The van der Waals surface area contributed by atoms with E-state index in [2.05, 4.69) is 23.6 Å². The third-order valence-corrected chi connectivity index (χ3v) is 7.03. The predicted molar refractivity (Wildman–Crippen MR) is 131 cm³/mol. The average molecular weight is 471 g/mol. The number of nitrogens with zero attached hydrogens (tertiary/aromatic N) is 1. The van der Waals surface area contributed by atoms with Crippen molar-refractivity contribution in [1.82, 2.24) is 4.98 Å². The van der Waals surface area contributed by atoms with E-state index in [4.69, 9.17) is 15.8 Å². The molecular weight excluding hydrogens is 436 g/mol. The Morgan fingerprint density at radius 2 is 1.63 bits per heavy atom. The van der Waals surface area contributed by atoms with Crippen LogP contribution in [0.1, 0.15) is 96.1 Å². The fourth-order valence-corrected chi connectivity index (χ4v) is 5.03. The molecule has 1 aromatic heterocycles. The highest BCUT2D eigenvalue weighted by atomic mass is 35.5. The van der Waals surface area contributed by atoms with Gasteiger partial charge in [0.1, 0.15) is 5.75 Å². The molecular formula is C23H35ClN2O2S2. The smallest absolute Gasteiger partial charge is 0.317 e. The van der Waals surface area contributed by atoms with Crippen LogP contribution in [0.3, 0.4) is 0 Å². The summed E-state index contributed by atoms with van der Waals surface area (Å²) in [5, 5.41) is 3.28. The van der Waals surface area contributed by atoms with Crippen molar-refractivity contribution in [1.29, 1.82) is 0 Å². The van der Waals surface area contributed by atoms with Crippen LogP contribution in [-0.2, 0) is 11.3 Å². The largest absolute Gasteiger partial charge is 0.385 e. The van der Waals surface area contributed by atoms with Crippen molar-refractivity contribution in [3.8, 4) is 5.75 Å². The Bertz CT molecular complexity index is 737. The Morgan fingerprint density at radius 3 is 2.27 bits per heavy atom. The molecule has 1 heterocycles. The monoisotopic (exact) mass is 470 g/mol. The van der Waals surface area contributed by atoms with Crippen molar-refractivity contribution in [2.75, 3.05) is 4.72 Å². The van der Waals surface area contributed by atoms with Crippen molar-refractivity contribution < 1.29 is 8.39 Å². The zero-order valence-corrected chi connectivity index (χ0v) is 20.6. The number of thiazole rings is 1. The number of halogens is 1. The van der Waals surface area contributed by atoms with Gasteiger partial charge in [-0.2, -0.15) is 4.21 Å². The van der Waals surface area contributed by atoms with Crippen molar-refractivity contribution in [2.24, 2.45) is 0 Å². The number of hydrogen-bond donors (Lipinski definition) is 1. The molecule has 0 saturated carbocycles. The van der Waals surface area contributed by atoms with Crippen LogP contribution in [0.15, 0.2) is 29.6 Å². The minimum Gasteiger partial charge on any atom is -0.385 e. The summed E-state index contributed by atoms with van der Waals surface area (Å²) in [7, 11) is 0. The summed E-state index contributed by atoms with van der Waals surface area (Å²) in [6, 6.07) is 6.77. The summed E-state index contributed by atoms with van der Waals surface area (Å²) in [6.45, 7) is 4.48. The molecule has 30 heavy (non-hydrogen) atoms. The molecule has 0 spiro atoms. The second kappa shape index (κ2) is 14.8. The van der Waals surface area contributed by atoms with E-state index in [-0.39, 0.29) is 0 Å². The quantitative estimate of drug-likeness (QED) is 0.251. The van der Waals surface area contributed by atoms with Gasteiger partial charge in [0, 0.05) is 10.4 Å². The Hall–Kier alpha value is -1.11. The number of unbranched alkanes of at least 4 members (excludes halogenated alkanes) is 9. The average Bonchev–Trinajstić information content (AvgIpc) is 3.19. The van der Waals surface area contributed by atoms with Gasteiger partial charge >= 0.3 is 11.3 Å². The molecule has 1 aromatic carbocycles. The standard InChI is InChI=1S/C23H35ClN2O2S2/c1-3-4-5-6-7-8-9-10-11-12-13-19(2)22-18-29-23(25-22)26-30(27)28-21-16-14-20(24)15-17-21/h14-19H,3-13H2,1-2H3,(H,25,26). The summed E-state index contributed by atoms with van der Waals surface area (Å²) in [4.78, 5) is 4.58. The lowest BCUT2D eigenvalue weighted by Crippen LogP contribution is -2.11. The summed E-state index contributed by atoms with van der Waals surface area (Å²) in [5.74, 6) is 0.910. The van der Waals surface area contributed by atoms with Crippen LogP contribution in [0.2, 0.25) is 5.02 Å². The highest BCUT2D eigenvalue weighted by Crippen LogP contribution is 2.27. The molecule has 0 aliphatic heterocycles. The van der Waals surface area contributed by atoms with E-state index in [0.717, 1.165) is 12.1 Å². The molecule has 2 unspecified atom stereocenters. The van der Waals surface area contributed by atoms with Gasteiger partial charge in [-0.15, -0.1) is 11.3 Å². The van der Waals surface area contributed by atoms with Gasteiger partial charge in [-0.25, -0.2) is 9.71 Å². The topological polar surface area (TPSA) is 51.2 Å². The van der Waals surface area contributed by atoms with Crippen molar-refractivity contribution in [2.45, 2.75) is 90.4 Å². The molecule has 168 valence electrons. The van der Waals surface area contributed by atoms with Gasteiger partial charge < -0.3 is 4.18 Å². The summed E-state index contributed by atoms with van der Waals surface area (Å²) < 4.78 is 20.3. The highest BCUT2D eigenvalue weighted by Gasteiger charge is 2.12. The fraction of sp³-hybridized carbons (Fsp3) is 0.609. The fourth-order valence-electron chi connectivity index (χ4n) is 3.31. The van der Waals surface area contributed by atoms with Crippen LogP contribution in [-0.4, -0.2) is 9.19 Å². The summed E-state index contributed by atoms with van der Waals surface area (Å²) >= 11 is 5.62. The second-order valence-corrected chi connectivity index (χ2v) is 9.96. The van der Waals surface area contributed by atoms with Crippen LogP contribution >= 0.6 is 22.9 Å². The first-order chi connectivity index (χ1) is 14.6. The molecule has 0 radical (unpaired) electrons. The van der Waals surface area contributed by atoms with Crippen LogP contribution in [0, 0.1) is 0 Å². The molecule has 0 aliphatic rings. The second-order valence-electron chi connectivity index (χ2n) is 7.82. The van der Waals surface area contributed by atoms with Gasteiger partial charge in [-0.05, 0) is 36.6 Å². The third-order valence-electron chi connectivity index (χ3n) is 5.17. The van der Waals surface area contributed by atoms with E-state index < -0.39 is 11.3 Å². The maximum Gasteiger partial charge on any atom is 0.317 e. The molecule has 2 aromatic rings. The molecule has 7 heteroatoms. The van der Waals surface area contributed by atoms with Crippen LogP contribution in [0.4, 0.5) is 5.13 Å². The van der Waals surface area contributed by atoms with Gasteiger partial charge in [0.2, 0.25) is 0 Å². The van der Waals surface area contributed by atoms with E-state index in [1.54, 1.807) is 24.3 Å². The van der Waals surface area contributed by atoms with Gasteiger partial charge in [-0.1, -0.05) is 89.7 Å². The van der Waals surface area contributed by atoms with Gasteiger partial charge in [0.25, 0.3) is 0 Å². The number of nitrogens with one attached hydrogen (secondary N) is 1. The van der Waals surface area contributed by atoms with Crippen LogP contribution < -0.4 is 8.91 Å². The lowest BCUT2D eigenvalue weighted by molar-refractivity contribution is 0.532. The van der Waals surface area contributed by atoms with Crippen molar-refractivity contribution in [3.05, 3.63) is 40.4 Å². The highest BCUT2D eigenvalue weighted by molar-refractivity contribution is 7.82. The molecule has 0 amide bonds. The summed E-state index contributed by atoms with van der Waals surface area (Å²) in [6.07, 6.45) is 14.7. The minimum absolute atomic E-state index is 0.413. The summed E-state index contributed by atoms with van der Waals surface area (Å²) in [5.41, 5.74) is 1.06. The number of rotatable bonds is 16. The SMILES string of the molecule is CCCCCCCCCCCCC(C)c1csc(NS(=O)Oc2ccc(Cl)cc2)n1. The van der Waals surface area contributed by atoms with Gasteiger partial charge in [0.05, 0.1) is 5.69 Å². The molecule has 0 aliphatic carbocycles. The van der Waals surface area contributed by atoms with Crippen LogP contribution in [0.25, 0.3) is 0 Å². The lowest BCUT2D eigenvalue weighted by Gasteiger charge is -2.08. The van der Waals surface area contributed by atoms with E-state index >= 15 is 0 Å². The van der Waals surface area contributed by atoms with E-state index in [1.807, 2.05) is 5.38 Å². The van der Waals surface area contributed by atoms with Gasteiger partial charge in [-0.3, -0.25) is 0 Å². The molecule has 2 rings (SSSR count). The van der Waals surface area contributed by atoms with E-state index in [0.29, 0.717) is 21.8 Å². The van der Waals surface area contributed by atoms with E-state index in [9.17, 15) is 4.21 Å². The zero-order valence-electron chi connectivity index (χ0n) is 18.2. The molecule has 2 atom stereocenters. The normalized spacial score (nSPS) is 13.2. The first-order valence-electron chi connectivity index (χ1n) is 11.2. The Kier molecular flexibility index (Phi) is 12.4. The van der Waals surface area contributed by atoms with E-state index in [1.165, 1.54) is 75.5 Å². The lowest BCUT2D eigenvalue weighted by atomic mass is 9.99. The number of anilines is 1. The molecule has 1 N–H and O–H groups in total. The Labute approximate surface area is 193 Å². The van der Waals surface area contributed by atoms with Crippen molar-refractivity contribution >= 4 is 39.3 Å². The van der Waals surface area contributed by atoms with Gasteiger partial charge in [0.15, 0.2) is 5.13 Å². The zero-order chi connectivity index (χ0) is 21.6. The molecule has 4 nitrogen and oxygen atoms in total. The Morgan fingerprint density at radius 1 is 1.03 bits per heavy atom. The molecule has 0 bridgehead atoms. The third kappa shape index (κ3) is 10.3.